The average molecular weight is 356 g/mol. The van der Waals surface area contributed by atoms with E-state index in [9.17, 15) is 17.6 Å². The molecule has 0 radical (unpaired) electrons. The van der Waals surface area contributed by atoms with Crippen LogP contribution in [-0.4, -0.2) is 25.6 Å². The lowest BCUT2D eigenvalue weighted by Crippen LogP contribution is -2.33. The lowest BCUT2D eigenvalue weighted by Gasteiger charge is -2.16. The number of benzene rings is 2. The van der Waals surface area contributed by atoms with Crippen molar-refractivity contribution < 1.29 is 27.0 Å². The molecular formula is C19H20F4O2. The maximum atomic E-state index is 12.8. The van der Waals surface area contributed by atoms with Crippen molar-refractivity contribution >= 4 is 0 Å². The third kappa shape index (κ3) is 5.96. The number of hydrogen-bond acceptors (Lipinski definition) is 2. The molecule has 0 N–H and O–H groups in total. The highest BCUT2D eigenvalue weighted by Crippen LogP contribution is 2.25. The summed E-state index contributed by atoms with van der Waals surface area (Å²) in [6.45, 7) is 1.37. The van der Waals surface area contributed by atoms with Crippen LogP contribution >= 0.6 is 0 Å². The van der Waals surface area contributed by atoms with Gasteiger partial charge >= 0.3 is 12.3 Å². The summed E-state index contributed by atoms with van der Waals surface area (Å²) in [4.78, 5) is 0. The smallest absolute Gasteiger partial charge is 0.340 e. The van der Waals surface area contributed by atoms with Gasteiger partial charge in [-0.2, -0.15) is 8.78 Å². The summed E-state index contributed by atoms with van der Waals surface area (Å²) >= 11 is 0. The number of hydrogen-bond donors (Lipinski definition) is 0. The van der Waals surface area contributed by atoms with Crippen LogP contribution in [0, 0.1) is 0 Å². The minimum Gasteiger partial charge on any atom is -0.494 e. The quantitative estimate of drug-likeness (QED) is 0.564. The highest BCUT2D eigenvalue weighted by molar-refractivity contribution is 5.34. The van der Waals surface area contributed by atoms with Crippen LogP contribution in [0.3, 0.4) is 0 Å². The lowest BCUT2D eigenvalue weighted by molar-refractivity contribution is -0.148. The monoisotopic (exact) mass is 356 g/mol. The number of rotatable bonds is 9. The standard InChI is InChI=1S/C19H20F4O2/c1-2-11-24-16-7-3-14(4-8-16)12-15-5-9-17(10-6-15)25-13-19(22,23)18(20)21/h3-10,18H,2,11-13H2,1H3. The first-order valence-corrected chi connectivity index (χ1v) is 8.00. The van der Waals surface area contributed by atoms with Crippen LogP contribution in [0.5, 0.6) is 11.5 Å². The van der Waals surface area contributed by atoms with E-state index in [0.717, 1.165) is 23.3 Å². The first-order chi connectivity index (χ1) is 11.9. The van der Waals surface area contributed by atoms with Crippen molar-refractivity contribution in [3.05, 3.63) is 59.7 Å². The second-order valence-electron chi connectivity index (χ2n) is 5.66. The van der Waals surface area contributed by atoms with E-state index in [1.165, 1.54) is 12.1 Å². The number of alkyl halides is 4. The second kappa shape index (κ2) is 8.74. The third-order valence-corrected chi connectivity index (χ3v) is 3.48. The molecule has 6 heteroatoms. The lowest BCUT2D eigenvalue weighted by atomic mass is 10.0. The molecular weight excluding hydrogens is 336 g/mol. The molecule has 2 aromatic carbocycles. The fourth-order valence-electron chi connectivity index (χ4n) is 2.11. The first kappa shape index (κ1) is 19.1. The van der Waals surface area contributed by atoms with Crippen molar-refractivity contribution in [2.24, 2.45) is 0 Å². The summed E-state index contributed by atoms with van der Waals surface area (Å²) in [6.07, 6.45) is -2.14. The van der Waals surface area contributed by atoms with Gasteiger partial charge in [0.15, 0.2) is 6.61 Å². The van der Waals surface area contributed by atoms with Gasteiger partial charge in [0.2, 0.25) is 0 Å². The molecule has 0 aromatic heterocycles. The van der Waals surface area contributed by atoms with Crippen LogP contribution in [0.2, 0.25) is 0 Å². The zero-order chi connectivity index (χ0) is 18.3. The molecule has 25 heavy (non-hydrogen) atoms. The Morgan fingerprint density at radius 2 is 1.32 bits per heavy atom. The molecule has 0 aliphatic heterocycles. The largest absolute Gasteiger partial charge is 0.494 e. The van der Waals surface area contributed by atoms with Crippen molar-refractivity contribution in [1.82, 2.24) is 0 Å². The van der Waals surface area contributed by atoms with Gasteiger partial charge in [-0.3, -0.25) is 0 Å². The zero-order valence-electron chi connectivity index (χ0n) is 13.9. The second-order valence-corrected chi connectivity index (χ2v) is 5.66. The highest BCUT2D eigenvalue weighted by Gasteiger charge is 2.41. The minimum absolute atomic E-state index is 0.132. The molecule has 0 amide bonds. The van der Waals surface area contributed by atoms with Gasteiger partial charge in [-0.15, -0.1) is 0 Å². The Bertz CT molecular complexity index is 639. The van der Waals surface area contributed by atoms with Crippen molar-refractivity contribution in [2.75, 3.05) is 13.2 Å². The number of ether oxygens (including phenoxy) is 2. The van der Waals surface area contributed by atoms with E-state index in [1.807, 2.05) is 31.2 Å². The highest BCUT2D eigenvalue weighted by atomic mass is 19.3. The van der Waals surface area contributed by atoms with Gasteiger partial charge < -0.3 is 9.47 Å². The summed E-state index contributed by atoms with van der Waals surface area (Å²) in [7, 11) is 0. The first-order valence-electron chi connectivity index (χ1n) is 8.00. The Balaban J connectivity index is 1.89. The van der Waals surface area contributed by atoms with Gasteiger partial charge in [-0.25, -0.2) is 8.78 Å². The van der Waals surface area contributed by atoms with Crippen LogP contribution in [0.1, 0.15) is 24.5 Å². The zero-order valence-corrected chi connectivity index (χ0v) is 13.9. The molecule has 0 aliphatic rings. The van der Waals surface area contributed by atoms with E-state index in [0.29, 0.717) is 13.0 Å². The Morgan fingerprint density at radius 1 is 0.840 bits per heavy atom. The van der Waals surface area contributed by atoms with Crippen molar-refractivity contribution in [3.8, 4) is 11.5 Å². The fourth-order valence-corrected chi connectivity index (χ4v) is 2.11. The summed E-state index contributed by atoms with van der Waals surface area (Å²) < 4.78 is 60.1. The van der Waals surface area contributed by atoms with E-state index < -0.39 is 19.0 Å². The predicted molar refractivity (Wildman–Crippen MR) is 87.9 cm³/mol. The van der Waals surface area contributed by atoms with Crippen LogP contribution in [0.15, 0.2) is 48.5 Å². The van der Waals surface area contributed by atoms with Gasteiger partial charge in [-0.05, 0) is 48.2 Å². The van der Waals surface area contributed by atoms with Crippen LogP contribution in [-0.2, 0) is 6.42 Å². The van der Waals surface area contributed by atoms with Gasteiger partial charge in [-0.1, -0.05) is 31.2 Å². The van der Waals surface area contributed by atoms with Gasteiger partial charge in [0, 0.05) is 0 Å². The molecule has 0 bridgehead atoms. The van der Waals surface area contributed by atoms with E-state index in [2.05, 4.69) is 0 Å². The van der Waals surface area contributed by atoms with E-state index >= 15 is 0 Å². The molecule has 2 nitrogen and oxygen atoms in total. The molecule has 0 saturated carbocycles. The Kier molecular flexibility index (Phi) is 6.67. The maximum absolute atomic E-state index is 12.8. The minimum atomic E-state index is -4.15. The number of halogens is 4. The molecule has 0 spiro atoms. The molecule has 2 rings (SSSR count). The summed E-state index contributed by atoms with van der Waals surface area (Å²) in [5, 5.41) is 0. The SMILES string of the molecule is CCCOc1ccc(Cc2ccc(OCC(F)(F)C(F)F)cc2)cc1. The molecule has 0 unspecified atom stereocenters. The van der Waals surface area contributed by atoms with Crippen molar-refractivity contribution in [3.63, 3.8) is 0 Å². The van der Waals surface area contributed by atoms with E-state index in [1.54, 1.807) is 12.1 Å². The normalized spacial score (nSPS) is 11.6. The topological polar surface area (TPSA) is 18.5 Å². The van der Waals surface area contributed by atoms with Gasteiger partial charge in [0.25, 0.3) is 0 Å². The Labute approximate surface area is 144 Å². The predicted octanol–water partition coefficient (Wildman–Crippen LogP) is 5.35. The molecule has 2 aromatic rings. The Hall–Kier alpha value is -2.24. The Morgan fingerprint density at radius 3 is 1.76 bits per heavy atom. The van der Waals surface area contributed by atoms with Crippen molar-refractivity contribution in [2.45, 2.75) is 32.1 Å². The van der Waals surface area contributed by atoms with Crippen LogP contribution in [0.25, 0.3) is 0 Å². The molecule has 0 saturated heterocycles. The van der Waals surface area contributed by atoms with E-state index in [4.69, 9.17) is 9.47 Å². The van der Waals surface area contributed by atoms with Crippen molar-refractivity contribution in [1.29, 1.82) is 0 Å². The fraction of sp³-hybridized carbons (Fsp3) is 0.368. The van der Waals surface area contributed by atoms with Crippen LogP contribution in [0.4, 0.5) is 17.6 Å². The molecule has 136 valence electrons. The van der Waals surface area contributed by atoms with Gasteiger partial charge in [0.05, 0.1) is 6.61 Å². The van der Waals surface area contributed by atoms with E-state index in [-0.39, 0.29) is 5.75 Å². The summed E-state index contributed by atoms with van der Waals surface area (Å²) in [5.74, 6) is -3.21. The third-order valence-electron chi connectivity index (χ3n) is 3.48. The van der Waals surface area contributed by atoms with Gasteiger partial charge in [0.1, 0.15) is 11.5 Å². The van der Waals surface area contributed by atoms with Crippen LogP contribution < -0.4 is 9.47 Å². The average Bonchev–Trinajstić information content (AvgIpc) is 2.60. The molecule has 0 fully saturated rings. The maximum Gasteiger partial charge on any atom is 0.340 e. The summed E-state index contributed by atoms with van der Waals surface area (Å²) in [6, 6.07) is 14.1. The molecule has 0 heterocycles. The molecule has 0 atom stereocenters. The summed E-state index contributed by atoms with van der Waals surface area (Å²) in [5.41, 5.74) is 2.02. The molecule has 0 aliphatic carbocycles.